The smallest absolute Gasteiger partial charge is 0.193 e. The van der Waals surface area contributed by atoms with Gasteiger partial charge >= 0.3 is 0 Å². The Kier molecular flexibility index (Phi) is 11.4. The van der Waals surface area contributed by atoms with Crippen LogP contribution in [0.15, 0.2) is 29.3 Å². The summed E-state index contributed by atoms with van der Waals surface area (Å²) in [6.45, 7) is 8.97. The first kappa shape index (κ1) is 25.4. The van der Waals surface area contributed by atoms with Crippen LogP contribution in [-0.2, 0) is 22.4 Å². The number of nitrogens with zero attached hydrogens (tertiary/aromatic N) is 3. The lowest BCUT2D eigenvalue weighted by atomic mass is 9.99. The summed E-state index contributed by atoms with van der Waals surface area (Å²) in [4.78, 5) is 9.47. The fourth-order valence-corrected chi connectivity index (χ4v) is 4.28. The maximum atomic E-state index is 5.98. The number of benzene rings is 1. The van der Waals surface area contributed by atoms with Crippen LogP contribution in [0.1, 0.15) is 37.3 Å². The van der Waals surface area contributed by atoms with Crippen molar-refractivity contribution in [3.05, 3.63) is 35.4 Å². The van der Waals surface area contributed by atoms with Crippen LogP contribution in [0.5, 0.6) is 0 Å². The molecule has 1 atom stereocenters. The molecule has 30 heavy (non-hydrogen) atoms. The van der Waals surface area contributed by atoms with Gasteiger partial charge in [0.15, 0.2) is 5.96 Å². The van der Waals surface area contributed by atoms with Gasteiger partial charge in [0.2, 0.25) is 0 Å². The maximum Gasteiger partial charge on any atom is 0.193 e. The van der Waals surface area contributed by atoms with Crippen LogP contribution in [0, 0.1) is 0 Å². The standard InChI is InChI=1S/C23H38N4O2.HI/c1-19(27-12-9-20-7-4-5-8-21(20)18-27)17-25-23(24-2)26-13-10-22(11-14-26)29-16-6-15-28-3;/h4-5,7-8,19,22H,6,9-18H2,1-3H3,(H,24,25);1H. The Bertz CT molecular complexity index is 650. The Balaban J connectivity index is 0.00000320. The van der Waals surface area contributed by atoms with Crippen molar-refractivity contribution in [2.24, 2.45) is 4.99 Å². The molecule has 0 radical (unpaired) electrons. The maximum absolute atomic E-state index is 5.98. The molecule has 1 unspecified atom stereocenters. The molecule has 2 aliphatic rings. The molecule has 3 rings (SSSR count). The summed E-state index contributed by atoms with van der Waals surface area (Å²) in [5.74, 6) is 1.02. The molecule has 7 heteroatoms. The number of piperidine rings is 1. The number of ether oxygens (including phenoxy) is 2. The molecular weight excluding hydrogens is 491 g/mol. The van der Waals surface area contributed by atoms with Gasteiger partial charge in [-0.05, 0) is 43.7 Å². The van der Waals surface area contributed by atoms with Crippen LogP contribution in [0.25, 0.3) is 0 Å². The second-order valence-corrected chi connectivity index (χ2v) is 8.17. The van der Waals surface area contributed by atoms with Gasteiger partial charge in [0, 0.05) is 66.1 Å². The zero-order valence-corrected chi connectivity index (χ0v) is 21.1. The second-order valence-electron chi connectivity index (χ2n) is 8.17. The van der Waals surface area contributed by atoms with E-state index in [1.165, 1.54) is 11.1 Å². The lowest BCUT2D eigenvalue weighted by Crippen LogP contribution is -2.51. The molecule has 6 nitrogen and oxygen atoms in total. The normalized spacial score (nSPS) is 19.2. The van der Waals surface area contributed by atoms with Crippen molar-refractivity contribution >= 4 is 29.9 Å². The van der Waals surface area contributed by atoms with Gasteiger partial charge < -0.3 is 19.7 Å². The summed E-state index contributed by atoms with van der Waals surface area (Å²) in [7, 11) is 3.62. The highest BCUT2D eigenvalue weighted by molar-refractivity contribution is 14.0. The molecule has 1 saturated heterocycles. The molecule has 0 saturated carbocycles. The molecule has 2 heterocycles. The topological polar surface area (TPSA) is 49.3 Å². The summed E-state index contributed by atoms with van der Waals surface area (Å²) < 4.78 is 11.1. The molecule has 1 fully saturated rings. The van der Waals surface area contributed by atoms with Crippen LogP contribution in [0.4, 0.5) is 0 Å². The van der Waals surface area contributed by atoms with Crippen molar-refractivity contribution in [3.8, 4) is 0 Å². The second kappa shape index (κ2) is 13.5. The number of nitrogens with one attached hydrogen (secondary N) is 1. The number of aliphatic imine (C=N–C) groups is 1. The SMILES string of the molecule is CN=C(NCC(C)N1CCc2ccccc2C1)N1CCC(OCCCOC)CC1.I. The lowest BCUT2D eigenvalue weighted by molar-refractivity contribution is 0.00985. The lowest BCUT2D eigenvalue weighted by Gasteiger charge is -2.36. The summed E-state index contributed by atoms with van der Waals surface area (Å²) in [6.07, 6.45) is 4.61. The molecule has 1 aromatic rings. The third-order valence-corrected chi connectivity index (χ3v) is 6.14. The highest BCUT2D eigenvalue weighted by Gasteiger charge is 2.24. The van der Waals surface area contributed by atoms with Gasteiger partial charge in [-0.2, -0.15) is 0 Å². The van der Waals surface area contributed by atoms with Crippen molar-refractivity contribution in [1.29, 1.82) is 0 Å². The minimum Gasteiger partial charge on any atom is -0.385 e. The van der Waals surface area contributed by atoms with Gasteiger partial charge in [0.25, 0.3) is 0 Å². The number of hydrogen-bond acceptors (Lipinski definition) is 4. The van der Waals surface area contributed by atoms with E-state index in [2.05, 4.69) is 51.3 Å². The highest BCUT2D eigenvalue weighted by atomic mass is 127. The minimum atomic E-state index is 0. The van der Waals surface area contributed by atoms with Gasteiger partial charge in [-0.15, -0.1) is 24.0 Å². The Morgan fingerprint density at radius 2 is 1.90 bits per heavy atom. The van der Waals surface area contributed by atoms with Crippen LogP contribution in [0.3, 0.4) is 0 Å². The van der Waals surface area contributed by atoms with Gasteiger partial charge in [-0.3, -0.25) is 9.89 Å². The number of halogens is 1. The largest absolute Gasteiger partial charge is 0.385 e. The Labute approximate surface area is 199 Å². The predicted molar refractivity (Wildman–Crippen MR) is 134 cm³/mol. The average molecular weight is 530 g/mol. The average Bonchev–Trinajstić information content (AvgIpc) is 2.77. The van der Waals surface area contributed by atoms with E-state index < -0.39 is 0 Å². The summed E-state index contributed by atoms with van der Waals surface area (Å²) >= 11 is 0. The fourth-order valence-electron chi connectivity index (χ4n) is 4.28. The molecule has 0 amide bonds. The van der Waals surface area contributed by atoms with Crippen molar-refractivity contribution in [3.63, 3.8) is 0 Å². The number of guanidine groups is 1. The first-order valence-electron chi connectivity index (χ1n) is 11.1. The van der Waals surface area contributed by atoms with Gasteiger partial charge in [-0.25, -0.2) is 0 Å². The van der Waals surface area contributed by atoms with E-state index in [4.69, 9.17) is 9.47 Å². The fraction of sp³-hybridized carbons (Fsp3) is 0.696. The minimum absolute atomic E-state index is 0. The molecular formula is C23H39IN4O2. The molecule has 1 N–H and O–H groups in total. The molecule has 2 aliphatic heterocycles. The number of likely N-dealkylation sites (tertiary alicyclic amines) is 1. The van der Waals surface area contributed by atoms with E-state index in [0.29, 0.717) is 12.1 Å². The first-order chi connectivity index (χ1) is 14.2. The van der Waals surface area contributed by atoms with E-state index in [-0.39, 0.29) is 24.0 Å². The van der Waals surface area contributed by atoms with Crippen LogP contribution in [-0.4, -0.2) is 81.5 Å². The van der Waals surface area contributed by atoms with E-state index >= 15 is 0 Å². The molecule has 1 aromatic carbocycles. The van der Waals surface area contributed by atoms with Crippen molar-refractivity contribution < 1.29 is 9.47 Å². The number of methoxy groups -OCH3 is 1. The molecule has 0 aromatic heterocycles. The zero-order chi connectivity index (χ0) is 20.5. The summed E-state index contributed by atoms with van der Waals surface area (Å²) in [6, 6.07) is 9.31. The van der Waals surface area contributed by atoms with Crippen LogP contribution in [0.2, 0.25) is 0 Å². The Hall–Kier alpha value is -0.900. The quantitative estimate of drug-likeness (QED) is 0.242. The number of hydrogen-bond donors (Lipinski definition) is 1. The molecule has 0 bridgehead atoms. The Morgan fingerprint density at radius 3 is 2.60 bits per heavy atom. The number of rotatable bonds is 8. The van der Waals surface area contributed by atoms with Crippen molar-refractivity contribution in [2.75, 3.05) is 53.6 Å². The van der Waals surface area contributed by atoms with Crippen molar-refractivity contribution in [2.45, 2.75) is 51.3 Å². The first-order valence-corrected chi connectivity index (χ1v) is 11.1. The molecule has 170 valence electrons. The predicted octanol–water partition coefficient (Wildman–Crippen LogP) is 3.14. The third-order valence-electron chi connectivity index (χ3n) is 6.14. The van der Waals surface area contributed by atoms with E-state index in [0.717, 1.165) is 77.6 Å². The van der Waals surface area contributed by atoms with E-state index in [9.17, 15) is 0 Å². The van der Waals surface area contributed by atoms with Crippen LogP contribution >= 0.6 is 24.0 Å². The Morgan fingerprint density at radius 1 is 1.17 bits per heavy atom. The molecule has 0 spiro atoms. The van der Waals surface area contributed by atoms with Crippen LogP contribution < -0.4 is 5.32 Å². The van der Waals surface area contributed by atoms with Gasteiger partial charge in [0.1, 0.15) is 0 Å². The monoisotopic (exact) mass is 530 g/mol. The zero-order valence-electron chi connectivity index (χ0n) is 18.8. The summed E-state index contributed by atoms with van der Waals surface area (Å²) in [5, 5.41) is 3.61. The van der Waals surface area contributed by atoms with Crippen molar-refractivity contribution in [1.82, 2.24) is 15.1 Å². The molecule has 0 aliphatic carbocycles. The van der Waals surface area contributed by atoms with Gasteiger partial charge in [0.05, 0.1) is 6.10 Å². The summed E-state index contributed by atoms with van der Waals surface area (Å²) in [5.41, 5.74) is 2.98. The van der Waals surface area contributed by atoms with E-state index in [1.54, 1.807) is 7.11 Å². The third kappa shape index (κ3) is 7.35. The highest BCUT2D eigenvalue weighted by Crippen LogP contribution is 2.20. The number of fused-ring (bicyclic) bond motifs is 1. The van der Waals surface area contributed by atoms with E-state index in [1.807, 2.05) is 7.05 Å². The van der Waals surface area contributed by atoms with Gasteiger partial charge in [-0.1, -0.05) is 24.3 Å².